The molecule has 2 rings (SSSR count). The van der Waals surface area contributed by atoms with Gasteiger partial charge in [0.1, 0.15) is 12.1 Å². The summed E-state index contributed by atoms with van der Waals surface area (Å²) in [6, 6.07) is 4.42. The van der Waals surface area contributed by atoms with E-state index in [0.29, 0.717) is 12.0 Å². The topological polar surface area (TPSA) is 49.4 Å². The van der Waals surface area contributed by atoms with Crippen molar-refractivity contribution in [2.75, 3.05) is 23.3 Å². The van der Waals surface area contributed by atoms with Crippen LogP contribution in [0.3, 0.4) is 0 Å². The van der Waals surface area contributed by atoms with E-state index in [2.05, 4.69) is 5.32 Å². The smallest absolute Gasteiger partial charge is 0.243 e. The van der Waals surface area contributed by atoms with Gasteiger partial charge in [-0.15, -0.1) is 0 Å². The van der Waals surface area contributed by atoms with Crippen molar-refractivity contribution < 1.29 is 14.0 Å². The summed E-state index contributed by atoms with van der Waals surface area (Å²) in [5, 5.41) is 2.55. The molecule has 0 aliphatic carbocycles. The van der Waals surface area contributed by atoms with Crippen molar-refractivity contribution in [3.05, 3.63) is 24.0 Å². The van der Waals surface area contributed by atoms with Gasteiger partial charge in [0.25, 0.3) is 0 Å². The van der Waals surface area contributed by atoms with Crippen LogP contribution in [0.15, 0.2) is 18.2 Å². The molecule has 1 aliphatic rings. The van der Waals surface area contributed by atoms with Crippen molar-refractivity contribution in [2.24, 2.45) is 0 Å². The van der Waals surface area contributed by atoms with Crippen LogP contribution in [0.4, 0.5) is 15.8 Å². The van der Waals surface area contributed by atoms with Crippen LogP contribution in [0, 0.1) is 5.82 Å². The lowest BCUT2D eigenvalue weighted by Crippen LogP contribution is -2.39. The van der Waals surface area contributed by atoms with Crippen LogP contribution in [0.25, 0.3) is 0 Å². The van der Waals surface area contributed by atoms with Gasteiger partial charge in [-0.05, 0) is 12.1 Å². The normalized spacial score (nSPS) is 14.5. The minimum Gasteiger partial charge on any atom is -0.351 e. The number of hydrogen-bond acceptors (Lipinski definition) is 3. The van der Waals surface area contributed by atoms with E-state index in [4.69, 9.17) is 0 Å². The molecule has 0 bridgehead atoms. The average molecular weight is 208 g/mol. The van der Waals surface area contributed by atoms with Gasteiger partial charge in [0.2, 0.25) is 5.91 Å². The number of benzene rings is 1. The first kappa shape index (κ1) is 9.64. The fourth-order valence-electron chi connectivity index (χ4n) is 1.63. The molecule has 5 heteroatoms. The van der Waals surface area contributed by atoms with Crippen LogP contribution in [0.5, 0.6) is 0 Å². The number of carbonyl (C=O) groups is 2. The van der Waals surface area contributed by atoms with Crippen LogP contribution >= 0.6 is 0 Å². The number of fused-ring (bicyclic) bond motifs is 1. The maximum Gasteiger partial charge on any atom is 0.243 e. The third kappa shape index (κ3) is 1.68. The van der Waals surface area contributed by atoms with Gasteiger partial charge >= 0.3 is 0 Å². The fraction of sp³-hybridized carbons (Fsp3) is 0.200. The molecule has 0 spiro atoms. The molecule has 0 fully saturated rings. The molecule has 0 radical (unpaired) electrons. The first-order valence-corrected chi connectivity index (χ1v) is 4.49. The second kappa shape index (κ2) is 3.68. The summed E-state index contributed by atoms with van der Waals surface area (Å²) in [4.78, 5) is 23.0. The van der Waals surface area contributed by atoms with Crippen LogP contribution in [-0.4, -0.2) is 25.3 Å². The molecular formula is C10H9FN2O2. The Labute approximate surface area is 85.7 Å². The van der Waals surface area contributed by atoms with Crippen LogP contribution in [0.2, 0.25) is 0 Å². The van der Waals surface area contributed by atoms with Gasteiger partial charge in [0.05, 0.1) is 24.5 Å². The summed E-state index contributed by atoms with van der Waals surface area (Å²) in [7, 11) is 0. The number of para-hydroxylation sites is 1. The highest BCUT2D eigenvalue weighted by Gasteiger charge is 2.24. The molecule has 1 aromatic carbocycles. The number of anilines is 2. The van der Waals surface area contributed by atoms with Crippen molar-refractivity contribution in [1.29, 1.82) is 0 Å². The number of aldehydes is 1. The van der Waals surface area contributed by atoms with Gasteiger partial charge in [-0.2, -0.15) is 0 Å². The van der Waals surface area contributed by atoms with Gasteiger partial charge in [0.15, 0.2) is 0 Å². The SMILES string of the molecule is O=CCN1CC(=O)Nc2cccc(F)c21. The van der Waals surface area contributed by atoms with Gasteiger partial charge in [0, 0.05) is 0 Å². The van der Waals surface area contributed by atoms with E-state index in [1.165, 1.54) is 17.0 Å². The summed E-state index contributed by atoms with van der Waals surface area (Å²) in [6.45, 7) is 0.0219. The van der Waals surface area contributed by atoms with E-state index in [1.807, 2.05) is 0 Å². The van der Waals surface area contributed by atoms with Crippen LogP contribution in [0.1, 0.15) is 0 Å². The zero-order valence-electron chi connectivity index (χ0n) is 7.87. The number of hydrogen-bond donors (Lipinski definition) is 1. The minimum absolute atomic E-state index is 0.00662. The Morgan fingerprint density at radius 1 is 1.53 bits per heavy atom. The van der Waals surface area contributed by atoms with Crippen molar-refractivity contribution in [3.8, 4) is 0 Å². The summed E-state index contributed by atoms with van der Waals surface area (Å²) in [6.07, 6.45) is 0.648. The van der Waals surface area contributed by atoms with E-state index >= 15 is 0 Å². The number of carbonyl (C=O) groups excluding carboxylic acids is 2. The Bertz CT molecular complexity index is 420. The Morgan fingerprint density at radius 3 is 3.07 bits per heavy atom. The standard InChI is InChI=1S/C10H9FN2O2/c11-7-2-1-3-8-10(7)13(4-5-14)6-9(15)12-8/h1-3,5H,4,6H2,(H,12,15). The van der Waals surface area contributed by atoms with Gasteiger partial charge < -0.3 is 15.0 Å². The molecule has 4 nitrogen and oxygen atoms in total. The molecule has 1 amide bonds. The minimum atomic E-state index is -0.436. The summed E-state index contributed by atoms with van der Waals surface area (Å²) in [5.41, 5.74) is 0.692. The average Bonchev–Trinajstić information content (AvgIpc) is 2.17. The predicted molar refractivity (Wildman–Crippen MR) is 53.3 cm³/mol. The highest BCUT2D eigenvalue weighted by molar-refractivity contribution is 6.01. The fourth-order valence-corrected chi connectivity index (χ4v) is 1.63. The Hall–Kier alpha value is -1.91. The first-order valence-electron chi connectivity index (χ1n) is 4.49. The number of amides is 1. The molecule has 1 aliphatic heterocycles. The van der Waals surface area contributed by atoms with E-state index in [1.54, 1.807) is 6.07 Å². The van der Waals surface area contributed by atoms with E-state index < -0.39 is 5.82 Å². The monoisotopic (exact) mass is 208 g/mol. The highest BCUT2D eigenvalue weighted by atomic mass is 19.1. The Kier molecular flexibility index (Phi) is 2.37. The van der Waals surface area contributed by atoms with Crippen molar-refractivity contribution in [3.63, 3.8) is 0 Å². The van der Waals surface area contributed by atoms with Crippen molar-refractivity contribution in [2.45, 2.75) is 0 Å². The molecule has 1 heterocycles. The van der Waals surface area contributed by atoms with E-state index in [9.17, 15) is 14.0 Å². The molecule has 1 N–H and O–H groups in total. The predicted octanol–water partition coefficient (Wildman–Crippen LogP) is 0.783. The lowest BCUT2D eigenvalue weighted by atomic mass is 10.2. The van der Waals surface area contributed by atoms with Gasteiger partial charge in [-0.3, -0.25) is 4.79 Å². The molecule has 0 atom stereocenters. The maximum absolute atomic E-state index is 13.5. The number of nitrogens with one attached hydrogen (secondary N) is 1. The molecule has 0 aromatic heterocycles. The molecular weight excluding hydrogens is 199 g/mol. The third-order valence-electron chi connectivity index (χ3n) is 2.21. The third-order valence-corrected chi connectivity index (χ3v) is 2.21. The Morgan fingerprint density at radius 2 is 2.33 bits per heavy atom. The number of halogens is 1. The summed E-state index contributed by atoms with van der Waals surface area (Å²) in [5.74, 6) is -0.677. The summed E-state index contributed by atoms with van der Waals surface area (Å²) < 4.78 is 13.5. The zero-order chi connectivity index (χ0) is 10.8. The van der Waals surface area contributed by atoms with Crippen LogP contribution in [-0.2, 0) is 9.59 Å². The molecule has 1 aromatic rings. The van der Waals surface area contributed by atoms with Crippen LogP contribution < -0.4 is 10.2 Å². The molecule has 0 unspecified atom stereocenters. The Balaban J connectivity index is 2.47. The van der Waals surface area contributed by atoms with Crippen molar-refractivity contribution in [1.82, 2.24) is 0 Å². The second-order valence-electron chi connectivity index (χ2n) is 3.23. The van der Waals surface area contributed by atoms with Crippen molar-refractivity contribution >= 4 is 23.6 Å². The quantitative estimate of drug-likeness (QED) is 0.731. The second-order valence-corrected chi connectivity index (χ2v) is 3.23. The lowest BCUT2D eigenvalue weighted by molar-refractivity contribution is -0.115. The molecule has 0 saturated carbocycles. The molecule has 15 heavy (non-hydrogen) atoms. The lowest BCUT2D eigenvalue weighted by Gasteiger charge is -2.29. The highest BCUT2D eigenvalue weighted by Crippen LogP contribution is 2.31. The zero-order valence-corrected chi connectivity index (χ0v) is 7.87. The summed E-state index contributed by atoms with van der Waals surface area (Å²) >= 11 is 0. The molecule has 0 saturated heterocycles. The maximum atomic E-state index is 13.5. The first-order chi connectivity index (χ1) is 7.22. The largest absolute Gasteiger partial charge is 0.351 e. The van der Waals surface area contributed by atoms with E-state index in [0.717, 1.165) is 0 Å². The number of rotatable bonds is 2. The van der Waals surface area contributed by atoms with Gasteiger partial charge in [-0.1, -0.05) is 6.07 Å². The van der Waals surface area contributed by atoms with E-state index in [-0.39, 0.29) is 24.7 Å². The number of nitrogens with zero attached hydrogens (tertiary/aromatic N) is 1. The molecule has 78 valence electrons. The van der Waals surface area contributed by atoms with Gasteiger partial charge in [-0.25, -0.2) is 4.39 Å².